The highest BCUT2D eigenvalue weighted by Crippen LogP contribution is 2.32. The second-order valence-electron chi connectivity index (χ2n) is 5.72. The monoisotopic (exact) mass is 404 g/mol. The molecule has 0 aliphatic heterocycles. The third-order valence-electron chi connectivity index (χ3n) is 3.99. The van der Waals surface area contributed by atoms with Crippen molar-refractivity contribution in [1.82, 2.24) is 0 Å². The van der Waals surface area contributed by atoms with E-state index in [2.05, 4.69) is 6.58 Å². The zero-order valence-corrected chi connectivity index (χ0v) is 16.3. The van der Waals surface area contributed by atoms with Crippen molar-refractivity contribution >= 4 is 27.4 Å². The fourth-order valence-electron chi connectivity index (χ4n) is 2.71. The summed E-state index contributed by atoms with van der Waals surface area (Å²) in [5.74, 6) is -0.580. The first-order chi connectivity index (χ1) is 13.3. The lowest BCUT2D eigenvalue weighted by Gasteiger charge is -2.25. The zero-order valence-electron chi connectivity index (χ0n) is 15.5. The fraction of sp³-hybridized carbons (Fsp3) is 0.211. The summed E-state index contributed by atoms with van der Waals surface area (Å²) in [7, 11) is -4.30. The van der Waals surface area contributed by atoms with E-state index in [9.17, 15) is 23.3 Å². The Morgan fingerprint density at radius 1 is 1.25 bits per heavy atom. The van der Waals surface area contributed by atoms with Crippen LogP contribution in [-0.2, 0) is 14.8 Å². The van der Waals surface area contributed by atoms with Gasteiger partial charge >= 0.3 is 5.97 Å². The van der Waals surface area contributed by atoms with E-state index in [-0.39, 0.29) is 24.4 Å². The number of esters is 1. The van der Waals surface area contributed by atoms with Crippen LogP contribution in [0, 0.1) is 17.0 Å². The molecule has 0 heterocycles. The predicted molar refractivity (Wildman–Crippen MR) is 105 cm³/mol. The molecule has 0 aliphatic rings. The SMILES string of the molecule is C=CCN(c1cccc(C(=O)OCC)c1C)S(=O)(=O)c1ccccc1[N+](=O)[O-]. The Morgan fingerprint density at radius 3 is 2.54 bits per heavy atom. The van der Waals surface area contributed by atoms with Gasteiger partial charge in [-0.3, -0.25) is 14.4 Å². The van der Waals surface area contributed by atoms with Gasteiger partial charge in [0.15, 0.2) is 4.90 Å². The van der Waals surface area contributed by atoms with E-state index in [0.717, 1.165) is 10.4 Å². The first-order valence-electron chi connectivity index (χ1n) is 8.39. The number of carbonyl (C=O) groups is 1. The lowest BCUT2D eigenvalue weighted by atomic mass is 10.1. The summed E-state index contributed by atoms with van der Waals surface area (Å²) in [4.78, 5) is 22.3. The van der Waals surface area contributed by atoms with Crippen LogP contribution in [0.2, 0.25) is 0 Å². The lowest BCUT2D eigenvalue weighted by Crippen LogP contribution is -2.32. The lowest BCUT2D eigenvalue weighted by molar-refractivity contribution is -0.387. The zero-order chi connectivity index (χ0) is 20.9. The largest absolute Gasteiger partial charge is 0.462 e. The van der Waals surface area contributed by atoms with E-state index in [1.165, 1.54) is 42.5 Å². The number of nitro groups is 1. The van der Waals surface area contributed by atoms with Crippen molar-refractivity contribution in [3.8, 4) is 0 Å². The Bertz CT molecular complexity index is 1020. The first-order valence-corrected chi connectivity index (χ1v) is 9.83. The summed E-state index contributed by atoms with van der Waals surface area (Å²) in [6.07, 6.45) is 1.36. The van der Waals surface area contributed by atoms with Crippen LogP contribution in [0.3, 0.4) is 0 Å². The molecule has 148 valence electrons. The van der Waals surface area contributed by atoms with Crippen LogP contribution in [0.1, 0.15) is 22.8 Å². The van der Waals surface area contributed by atoms with Crippen LogP contribution in [0.15, 0.2) is 60.0 Å². The summed E-state index contributed by atoms with van der Waals surface area (Å²) in [6, 6.07) is 9.68. The topological polar surface area (TPSA) is 107 Å². The Kier molecular flexibility index (Phi) is 6.53. The van der Waals surface area contributed by atoms with Crippen LogP contribution in [0.25, 0.3) is 0 Å². The molecule has 0 aliphatic carbocycles. The Labute approximate surface area is 163 Å². The van der Waals surface area contributed by atoms with E-state index < -0.39 is 31.5 Å². The minimum atomic E-state index is -4.30. The minimum absolute atomic E-state index is 0.137. The van der Waals surface area contributed by atoms with Crippen molar-refractivity contribution in [3.05, 3.63) is 76.4 Å². The molecule has 0 spiro atoms. The molecule has 0 amide bonds. The molecule has 0 radical (unpaired) electrons. The van der Waals surface area contributed by atoms with Crippen LogP contribution >= 0.6 is 0 Å². The number of hydrogen-bond acceptors (Lipinski definition) is 6. The average molecular weight is 404 g/mol. The molecule has 28 heavy (non-hydrogen) atoms. The molecule has 0 aromatic heterocycles. The molecule has 0 unspecified atom stereocenters. The van der Waals surface area contributed by atoms with Gasteiger partial charge in [0.2, 0.25) is 0 Å². The Hall–Kier alpha value is -3.20. The maximum absolute atomic E-state index is 13.3. The van der Waals surface area contributed by atoms with Crippen molar-refractivity contribution in [3.63, 3.8) is 0 Å². The second-order valence-corrected chi connectivity index (χ2v) is 7.55. The summed E-state index contributed by atoms with van der Waals surface area (Å²) >= 11 is 0. The fourth-order valence-corrected chi connectivity index (χ4v) is 4.36. The molecule has 0 bridgehead atoms. The summed E-state index contributed by atoms with van der Waals surface area (Å²) < 4.78 is 32.5. The van der Waals surface area contributed by atoms with Gasteiger partial charge in [0, 0.05) is 6.07 Å². The molecule has 0 fully saturated rings. The van der Waals surface area contributed by atoms with Gasteiger partial charge in [-0.1, -0.05) is 24.3 Å². The molecule has 2 aromatic rings. The molecule has 8 nitrogen and oxygen atoms in total. The van der Waals surface area contributed by atoms with Crippen molar-refractivity contribution in [1.29, 1.82) is 0 Å². The summed E-state index contributed by atoms with van der Waals surface area (Å²) in [6.45, 7) is 6.87. The normalized spacial score (nSPS) is 10.9. The third kappa shape index (κ3) is 4.04. The van der Waals surface area contributed by atoms with E-state index >= 15 is 0 Å². The van der Waals surface area contributed by atoms with Crippen LogP contribution < -0.4 is 4.31 Å². The van der Waals surface area contributed by atoms with Gasteiger partial charge < -0.3 is 4.74 Å². The van der Waals surface area contributed by atoms with Crippen molar-refractivity contribution in [2.24, 2.45) is 0 Å². The van der Waals surface area contributed by atoms with E-state index in [1.807, 2.05) is 0 Å². The second kappa shape index (κ2) is 8.66. The van der Waals surface area contributed by atoms with E-state index in [0.29, 0.717) is 5.56 Å². The molecular weight excluding hydrogens is 384 g/mol. The third-order valence-corrected chi connectivity index (χ3v) is 5.82. The molecule has 2 rings (SSSR count). The molecule has 2 aromatic carbocycles. The Morgan fingerprint density at radius 2 is 1.93 bits per heavy atom. The highest BCUT2D eigenvalue weighted by atomic mass is 32.2. The number of carbonyl (C=O) groups excluding carboxylic acids is 1. The average Bonchev–Trinajstić information content (AvgIpc) is 2.66. The Balaban J connectivity index is 2.67. The van der Waals surface area contributed by atoms with Crippen LogP contribution in [-0.4, -0.2) is 32.5 Å². The number of para-hydroxylation sites is 1. The molecule has 0 atom stereocenters. The first kappa shape index (κ1) is 21.1. The van der Waals surface area contributed by atoms with Gasteiger partial charge in [-0.25, -0.2) is 13.2 Å². The number of nitro benzene ring substituents is 1. The number of hydrogen-bond donors (Lipinski definition) is 0. The molecule has 9 heteroatoms. The quantitative estimate of drug-likeness (QED) is 0.289. The van der Waals surface area contributed by atoms with Crippen LogP contribution in [0.4, 0.5) is 11.4 Å². The van der Waals surface area contributed by atoms with Gasteiger partial charge in [-0.15, -0.1) is 6.58 Å². The molecular formula is C19H20N2O6S. The standard InChI is InChI=1S/C19H20N2O6S/c1-4-13-20(16-11-8-9-15(14(16)3)19(22)27-5-2)28(25,26)18-12-7-6-10-17(18)21(23)24/h4,6-12H,1,5,13H2,2-3H3. The number of ether oxygens (including phenoxy) is 1. The van der Waals surface area contributed by atoms with Gasteiger partial charge in [0.05, 0.1) is 29.3 Å². The summed E-state index contributed by atoms with van der Waals surface area (Å²) in [5, 5.41) is 11.3. The van der Waals surface area contributed by atoms with E-state index in [1.54, 1.807) is 13.8 Å². The van der Waals surface area contributed by atoms with Crippen molar-refractivity contribution in [2.45, 2.75) is 18.7 Å². The van der Waals surface area contributed by atoms with Crippen molar-refractivity contribution in [2.75, 3.05) is 17.5 Å². The maximum atomic E-state index is 13.3. The summed E-state index contributed by atoms with van der Waals surface area (Å²) in [5.41, 5.74) is 0.274. The number of rotatable bonds is 8. The molecule has 0 saturated heterocycles. The van der Waals surface area contributed by atoms with Gasteiger partial charge in [0.25, 0.3) is 15.7 Å². The number of nitrogens with zero attached hydrogens (tertiary/aromatic N) is 2. The molecule has 0 N–H and O–H groups in total. The number of benzene rings is 2. The van der Waals surface area contributed by atoms with Crippen molar-refractivity contribution < 1.29 is 22.9 Å². The van der Waals surface area contributed by atoms with Crippen LogP contribution in [0.5, 0.6) is 0 Å². The van der Waals surface area contributed by atoms with Gasteiger partial charge in [-0.2, -0.15) is 0 Å². The van der Waals surface area contributed by atoms with Gasteiger partial charge in [-0.05, 0) is 37.6 Å². The highest BCUT2D eigenvalue weighted by Gasteiger charge is 2.32. The maximum Gasteiger partial charge on any atom is 0.338 e. The van der Waals surface area contributed by atoms with Gasteiger partial charge in [0.1, 0.15) is 0 Å². The molecule has 0 saturated carbocycles. The van der Waals surface area contributed by atoms with E-state index in [4.69, 9.17) is 4.74 Å². The predicted octanol–water partition coefficient (Wildman–Crippen LogP) is 3.46. The minimum Gasteiger partial charge on any atom is -0.462 e. The smallest absolute Gasteiger partial charge is 0.338 e. The number of sulfonamides is 1. The number of anilines is 1. The highest BCUT2D eigenvalue weighted by molar-refractivity contribution is 7.93.